The second-order valence-corrected chi connectivity index (χ2v) is 6.08. The largest absolute Gasteiger partial charge is 0.359 e. The number of rotatable bonds is 4. The van der Waals surface area contributed by atoms with Crippen LogP contribution in [-0.4, -0.2) is 32.8 Å². The molecule has 1 aliphatic rings. The van der Waals surface area contributed by atoms with E-state index in [4.69, 9.17) is 9.05 Å². The summed E-state index contributed by atoms with van der Waals surface area (Å²) in [4.78, 5) is 18.4. The first-order chi connectivity index (χ1) is 11.0. The molecule has 23 heavy (non-hydrogen) atoms. The van der Waals surface area contributed by atoms with Crippen LogP contribution in [0.5, 0.6) is 0 Å². The molecule has 8 heteroatoms. The molecule has 0 saturated carbocycles. The van der Waals surface area contributed by atoms with E-state index >= 15 is 0 Å². The minimum Gasteiger partial charge on any atom is -0.359 e. The number of hydrogen-bond acceptors (Lipinski definition) is 6. The summed E-state index contributed by atoms with van der Waals surface area (Å²) < 4.78 is 10.4. The maximum absolute atomic E-state index is 12.4. The first-order valence-electron chi connectivity index (χ1n) is 7.84. The number of aryl methyl sites for hydroxylation is 1. The summed E-state index contributed by atoms with van der Waals surface area (Å²) in [6.07, 6.45) is 1.82. The lowest BCUT2D eigenvalue weighted by atomic mass is 10.1. The molecule has 0 spiro atoms. The lowest BCUT2D eigenvalue weighted by molar-refractivity contribution is 0.181. The monoisotopic (exact) mass is 319 g/mol. The normalized spacial score (nSPS) is 17.9. The Labute approximate surface area is 134 Å². The van der Waals surface area contributed by atoms with Crippen LogP contribution in [0, 0.1) is 6.92 Å². The van der Waals surface area contributed by atoms with Gasteiger partial charge < -0.3 is 19.3 Å². The summed E-state index contributed by atoms with van der Waals surface area (Å²) in [5.74, 6) is 1.96. The third-order valence-electron chi connectivity index (χ3n) is 3.86. The van der Waals surface area contributed by atoms with E-state index in [1.165, 1.54) is 0 Å². The predicted molar refractivity (Wildman–Crippen MR) is 80.5 cm³/mol. The highest BCUT2D eigenvalue weighted by molar-refractivity contribution is 5.74. The molecule has 8 nitrogen and oxygen atoms in total. The highest BCUT2D eigenvalue weighted by Gasteiger charge is 2.32. The molecule has 3 heterocycles. The zero-order valence-electron chi connectivity index (χ0n) is 13.6. The highest BCUT2D eigenvalue weighted by atomic mass is 16.5. The van der Waals surface area contributed by atoms with Gasteiger partial charge >= 0.3 is 6.03 Å². The fourth-order valence-corrected chi connectivity index (χ4v) is 2.68. The van der Waals surface area contributed by atoms with Crippen LogP contribution >= 0.6 is 0 Å². The van der Waals surface area contributed by atoms with Crippen LogP contribution < -0.4 is 5.32 Å². The van der Waals surface area contributed by atoms with Crippen molar-refractivity contribution in [1.29, 1.82) is 0 Å². The van der Waals surface area contributed by atoms with Crippen molar-refractivity contribution in [2.75, 3.05) is 6.54 Å². The van der Waals surface area contributed by atoms with Gasteiger partial charge in [-0.05, 0) is 19.8 Å². The first kappa shape index (κ1) is 15.5. The van der Waals surface area contributed by atoms with Crippen molar-refractivity contribution in [3.8, 4) is 0 Å². The van der Waals surface area contributed by atoms with E-state index in [0.29, 0.717) is 18.3 Å². The zero-order valence-corrected chi connectivity index (χ0v) is 13.6. The smallest absolute Gasteiger partial charge is 0.318 e. The molecule has 124 valence electrons. The number of amides is 2. The van der Waals surface area contributed by atoms with Crippen molar-refractivity contribution in [3.05, 3.63) is 29.2 Å². The summed E-state index contributed by atoms with van der Waals surface area (Å²) >= 11 is 0. The van der Waals surface area contributed by atoms with Gasteiger partial charge in [0.25, 0.3) is 0 Å². The van der Waals surface area contributed by atoms with Crippen LogP contribution in [0.4, 0.5) is 4.79 Å². The summed E-state index contributed by atoms with van der Waals surface area (Å²) in [7, 11) is 0. The second kappa shape index (κ2) is 6.39. The number of hydrogen-bond donors (Lipinski definition) is 1. The van der Waals surface area contributed by atoms with Gasteiger partial charge in [0.15, 0.2) is 11.6 Å². The molecule has 2 aromatic rings. The molecule has 0 aromatic carbocycles. The number of aromatic nitrogens is 3. The summed E-state index contributed by atoms with van der Waals surface area (Å²) in [5.41, 5.74) is 0.820. The van der Waals surface area contributed by atoms with Gasteiger partial charge in [-0.2, -0.15) is 4.98 Å². The standard InChI is InChI=1S/C15H21N5O3/c1-9(2)14-17-13(19-23-14)8-16-15(21)20-6-4-5-11(20)12-7-10(3)18-22-12/h7,9,11H,4-6,8H2,1-3H3,(H,16,21). The lowest BCUT2D eigenvalue weighted by Gasteiger charge is -2.22. The number of carbonyl (C=O) groups is 1. The molecule has 0 bridgehead atoms. The highest BCUT2D eigenvalue weighted by Crippen LogP contribution is 2.32. The quantitative estimate of drug-likeness (QED) is 0.930. The molecule has 3 rings (SSSR count). The average molecular weight is 319 g/mol. The van der Waals surface area contributed by atoms with Gasteiger partial charge in [0.2, 0.25) is 5.89 Å². The average Bonchev–Trinajstić information content (AvgIpc) is 3.24. The zero-order chi connectivity index (χ0) is 16.4. The molecule has 1 atom stereocenters. The van der Waals surface area contributed by atoms with Gasteiger partial charge in [-0.1, -0.05) is 24.2 Å². The Kier molecular flexibility index (Phi) is 4.31. The molecular weight excluding hydrogens is 298 g/mol. The van der Waals surface area contributed by atoms with Crippen LogP contribution in [-0.2, 0) is 6.54 Å². The maximum Gasteiger partial charge on any atom is 0.318 e. The molecule has 0 radical (unpaired) electrons. The van der Waals surface area contributed by atoms with Crippen molar-refractivity contribution in [1.82, 2.24) is 25.5 Å². The predicted octanol–water partition coefficient (Wildman–Crippen LogP) is 2.54. The molecule has 2 amide bonds. The SMILES string of the molecule is Cc1cc(C2CCCN2C(=O)NCc2noc(C(C)C)n2)on1. The molecule has 2 aromatic heterocycles. The van der Waals surface area contributed by atoms with Crippen LogP contribution in [0.25, 0.3) is 0 Å². The number of urea groups is 1. The summed E-state index contributed by atoms with van der Waals surface area (Å²) in [6, 6.07) is 1.66. The van der Waals surface area contributed by atoms with Crippen molar-refractivity contribution in [2.24, 2.45) is 0 Å². The number of likely N-dealkylation sites (tertiary alicyclic amines) is 1. The molecule has 0 aliphatic carbocycles. The van der Waals surface area contributed by atoms with Crippen molar-refractivity contribution < 1.29 is 13.8 Å². The Morgan fingerprint density at radius 2 is 2.26 bits per heavy atom. The van der Waals surface area contributed by atoms with Crippen LogP contribution in [0.2, 0.25) is 0 Å². The van der Waals surface area contributed by atoms with Crippen molar-refractivity contribution >= 4 is 6.03 Å². The van der Waals surface area contributed by atoms with E-state index in [2.05, 4.69) is 20.6 Å². The Hall–Kier alpha value is -2.38. The Balaban J connectivity index is 1.60. The van der Waals surface area contributed by atoms with E-state index in [9.17, 15) is 4.79 Å². The Morgan fingerprint density at radius 1 is 1.43 bits per heavy atom. The van der Waals surface area contributed by atoms with Gasteiger partial charge in [0, 0.05) is 18.5 Å². The van der Waals surface area contributed by atoms with Gasteiger partial charge in [-0.3, -0.25) is 0 Å². The number of carbonyl (C=O) groups excluding carboxylic acids is 1. The first-order valence-corrected chi connectivity index (χ1v) is 7.84. The summed E-state index contributed by atoms with van der Waals surface area (Å²) in [6.45, 7) is 6.76. The fraction of sp³-hybridized carbons (Fsp3) is 0.600. The Morgan fingerprint density at radius 3 is 2.91 bits per heavy atom. The molecule has 1 saturated heterocycles. The minimum absolute atomic E-state index is 0.0623. The maximum atomic E-state index is 12.4. The van der Waals surface area contributed by atoms with Crippen molar-refractivity contribution in [2.45, 2.75) is 52.1 Å². The minimum atomic E-state index is -0.155. The third-order valence-corrected chi connectivity index (χ3v) is 3.86. The van der Waals surface area contributed by atoms with Gasteiger partial charge in [-0.25, -0.2) is 4.79 Å². The van der Waals surface area contributed by atoms with E-state index in [0.717, 1.165) is 24.3 Å². The van der Waals surface area contributed by atoms with Gasteiger partial charge in [0.1, 0.15) is 0 Å². The fourth-order valence-electron chi connectivity index (χ4n) is 2.68. The number of nitrogens with one attached hydrogen (secondary N) is 1. The topological polar surface area (TPSA) is 97.3 Å². The molecule has 1 aliphatic heterocycles. The van der Waals surface area contributed by atoms with Crippen LogP contribution in [0.3, 0.4) is 0 Å². The molecule has 1 fully saturated rings. The van der Waals surface area contributed by atoms with E-state index in [1.807, 2.05) is 26.8 Å². The van der Waals surface area contributed by atoms with Crippen molar-refractivity contribution in [3.63, 3.8) is 0 Å². The van der Waals surface area contributed by atoms with Gasteiger partial charge in [0.05, 0.1) is 18.3 Å². The van der Waals surface area contributed by atoms with Gasteiger partial charge in [-0.15, -0.1) is 0 Å². The van der Waals surface area contributed by atoms with E-state index in [1.54, 1.807) is 4.90 Å². The number of nitrogens with zero attached hydrogens (tertiary/aromatic N) is 4. The second-order valence-electron chi connectivity index (χ2n) is 6.08. The van der Waals surface area contributed by atoms with Crippen LogP contribution in [0.15, 0.2) is 15.1 Å². The third kappa shape index (κ3) is 3.35. The molecule has 1 unspecified atom stereocenters. The van der Waals surface area contributed by atoms with E-state index in [-0.39, 0.29) is 24.5 Å². The molecule has 1 N–H and O–H groups in total. The summed E-state index contributed by atoms with van der Waals surface area (Å²) in [5, 5.41) is 10.6. The lowest BCUT2D eigenvalue weighted by Crippen LogP contribution is -2.39. The van der Waals surface area contributed by atoms with E-state index < -0.39 is 0 Å². The Bertz CT molecular complexity index is 678. The molecular formula is C15H21N5O3. The van der Waals surface area contributed by atoms with Crippen LogP contribution in [0.1, 0.15) is 61.8 Å².